The molecule has 3 heterocycles. The van der Waals surface area contributed by atoms with Gasteiger partial charge in [-0.2, -0.15) is 0 Å². The van der Waals surface area contributed by atoms with Gasteiger partial charge in [0.25, 0.3) is 11.8 Å². The number of carbonyl (C=O) groups excluding carboxylic acids is 3. The molecule has 0 aliphatic carbocycles. The quantitative estimate of drug-likeness (QED) is 0.266. The van der Waals surface area contributed by atoms with Gasteiger partial charge in [-0.15, -0.1) is 0 Å². The third kappa shape index (κ3) is 4.75. The number of aromatic amines is 2. The Morgan fingerprint density at radius 1 is 1.14 bits per heavy atom. The SMILES string of the molecule is CN(CCC(=N)N)C(=O)c1cc(N(C)C(=O)c2cc(NC(=O)N3CC3)c[nH]2)c[nH]1. The number of urea groups is 1. The Labute approximate surface area is 167 Å². The monoisotopic (exact) mass is 400 g/mol. The molecule has 1 fully saturated rings. The number of rotatable bonds is 7. The van der Waals surface area contributed by atoms with E-state index in [1.54, 1.807) is 43.5 Å². The predicted molar refractivity (Wildman–Crippen MR) is 108 cm³/mol. The minimum atomic E-state index is -0.319. The summed E-state index contributed by atoms with van der Waals surface area (Å²) in [6.45, 7) is 1.80. The van der Waals surface area contributed by atoms with E-state index in [2.05, 4.69) is 15.3 Å². The number of hydrogen-bond acceptors (Lipinski definition) is 4. The van der Waals surface area contributed by atoms with Crippen LogP contribution in [0.25, 0.3) is 0 Å². The van der Waals surface area contributed by atoms with Crippen LogP contribution in [0.15, 0.2) is 24.5 Å². The van der Waals surface area contributed by atoms with Crippen LogP contribution in [0, 0.1) is 5.41 Å². The molecular weight excluding hydrogens is 376 g/mol. The molecule has 154 valence electrons. The van der Waals surface area contributed by atoms with Crippen molar-refractivity contribution in [3.05, 3.63) is 35.9 Å². The number of amidine groups is 1. The van der Waals surface area contributed by atoms with E-state index in [4.69, 9.17) is 11.1 Å². The van der Waals surface area contributed by atoms with Gasteiger partial charge >= 0.3 is 6.03 Å². The maximum absolute atomic E-state index is 12.7. The van der Waals surface area contributed by atoms with E-state index in [0.717, 1.165) is 13.1 Å². The van der Waals surface area contributed by atoms with Crippen molar-refractivity contribution in [1.82, 2.24) is 19.8 Å². The molecular formula is C18H24N8O3. The highest BCUT2D eigenvalue weighted by molar-refractivity contribution is 6.06. The lowest BCUT2D eigenvalue weighted by Gasteiger charge is -2.16. The van der Waals surface area contributed by atoms with Gasteiger partial charge in [0, 0.05) is 52.5 Å². The number of aromatic nitrogens is 2. The van der Waals surface area contributed by atoms with Gasteiger partial charge in [-0.3, -0.25) is 15.0 Å². The number of H-pyrrole nitrogens is 2. The normalized spacial score (nSPS) is 12.4. The number of amides is 4. The van der Waals surface area contributed by atoms with Crippen molar-refractivity contribution < 1.29 is 14.4 Å². The van der Waals surface area contributed by atoms with Crippen LogP contribution in [0.4, 0.5) is 16.2 Å². The van der Waals surface area contributed by atoms with Gasteiger partial charge in [-0.1, -0.05) is 0 Å². The van der Waals surface area contributed by atoms with E-state index in [-0.39, 0.29) is 30.1 Å². The van der Waals surface area contributed by atoms with Crippen LogP contribution in [0.3, 0.4) is 0 Å². The zero-order valence-corrected chi connectivity index (χ0v) is 16.3. The molecule has 1 aliphatic rings. The second kappa shape index (κ2) is 8.09. The molecule has 11 nitrogen and oxygen atoms in total. The number of carbonyl (C=O) groups is 3. The van der Waals surface area contributed by atoms with Crippen LogP contribution in [-0.2, 0) is 0 Å². The second-order valence-electron chi connectivity index (χ2n) is 6.86. The lowest BCUT2D eigenvalue weighted by atomic mass is 10.3. The number of hydrogen-bond donors (Lipinski definition) is 5. The summed E-state index contributed by atoms with van der Waals surface area (Å²) in [5.41, 5.74) is 6.98. The fourth-order valence-electron chi connectivity index (χ4n) is 2.64. The summed E-state index contributed by atoms with van der Waals surface area (Å²) in [7, 11) is 3.21. The van der Waals surface area contributed by atoms with Gasteiger partial charge < -0.3 is 35.7 Å². The largest absolute Gasteiger partial charge is 0.388 e. The molecule has 3 rings (SSSR count). The standard InChI is InChI=1S/C18H24N8O3/c1-24(4-3-15(19)20)16(27)14-8-12(10-22-14)25(2)17(28)13-7-11(9-21-13)23-18(29)26-5-6-26/h7-10,21-22H,3-6H2,1-2H3,(H3,19,20)(H,23,29). The summed E-state index contributed by atoms with van der Waals surface area (Å²) < 4.78 is 0. The molecule has 0 unspecified atom stereocenters. The van der Waals surface area contributed by atoms with Gasteiger partial charge in [0.2, 0.25) is 0 Å². The van der Waals surface area contributed by atoms with E-state index < -0.39 is 0 Å². The molecule has 11 heteroatoms. The number of anilines is 2. The molecule has 1 saturated heterocycles. The highest BCUT2D eigenvalue weighted by atomic mass is 16.2. The maximum atomic E-state index is 12.7. The van der Waals surface area contributed by atoms with Crippen LogP contribution >= 0.6 is 0 Å². The minimum absolute atomic E-state index is 0.0120. The highest BCUT2D eigenvalue weighted by Gasteiger charge is 2.25. The van der Waals surface area contributed by atoms with Gasteiger partial charge in [0.1, 0.15) is 11.4 Å². The smallest absolute Gasteiger partial charge is 0.322 e. The highest BCUT2D eigenvalue weighted by Crippen LogP contribution is 2.20. The molecule has 4 amide bonds. The summed E-state index contributed by atoms with van der Waals surface area (Å²) >= 11 is 0. The zero-order chi connectivity index (χ0) is 21.1. The molecule has 1 aliphatic heterocycles. The molecule has 0 spiro atoms. The van der Waals surface area contributed by atoms with Crippen molar-refractivity contribution in [2.24, 2.45) is 5.73 Å². The fraction of sp³-hybridized carbons (Fsp3) is 0.333. The molecule has 0 atom stereocenters. The van der Waals surface area contributed by atoms with Gasteiger partial charge in [0.05, 0.1) is 17.2 Å². The van der Waals surface area contributed by atoms with Crippen LogP contribution in [0.1, 0.15) is 27.4 Å². The number of nitrogens with zero attached hydrogens (tertiary/aromatic N) is 3. The summed E-state index contributed by atoms with van der Waals surface area (Å²) in [5.74, 6) is -0.573. The molecule has 0 saturated carbocycles. The van der Waals surface area contributed by atoms with E-state index in [1.807, 2.05) is 0 Å². The average molecular weight is 400 g/mol. The van der Waals surface area contributed by atoms with E-state index in [0.29, 0.717) is 29.3 Å². The second-order valence-corrected chi connectivity index (χ2v) is 6.86. The van der Waals surface area contributed by atoms with Crippen molar-refractivity contribution >= 4 is 35.1 Å². The molecule has 0 radical (unpaired) electrons. The average Bonchev–Trinajstić information content (AvgIpc) is 3.25. The van der Waals surface area contributed by atoms with Crippen LogP contribution in [-0.4, -0.2) is 77.2 Å². The molecule has 6 N–H and O–H groups in total. The summed E-state index contributed by atoms with van der Waals surface area (Å²) in [6.07, 6.45) is 3.41. The maximum Gasteiger partial charge on any atom is 0.322 e. The van der Waals surface area contributed by atoms with Gasteiger partial charge in [-0.25, -0.2) is 4.79 Å². The summed E-state index contributed by atoms with van der Waals surface area (Å²) in [6, 6.07) is 2.95. The Hall–Kier alpha value is -3.76. The van der Waals surface area contributed by atoms with Crippen molar-refractivity contribution in [2.45, 2.75) is 6.42 Å². The molecule has 29 heavy (non-hydrogen) atoms. The van der Waals surface area contributed by atoms with E-state index >= 15 is 0 Å². The lowest BCUT2D eigenvalue weighted by Crippen LogP contribution is -2.30. The lowest BCUT2D eigenvalue weighted by molar-refractivity contribution is 0.0793. The van der Waals surface area contributed by atoms with Crippen LogP contribution < -0.4 is 16.0 Å². The minimum Gasteiger partial charge on any atom is -0.388 e. The number of nitrogens with one attached hydrogen (secondary N) is 4. The van der Waals surface area contributed by atoms with E-state index in [9.17, 15) is 14.4 Å². The summed E-state index contributed by atoms with van der Waals surface area (Å²) in [4.78, 5) is 47.1. The molecule has 2 aromatic heterocycles. The fourth-order valence-corrected chi connectivity index (χ4v) is 2.64. The van der Waals surface area contributed by atoms with Crippen molar-refractivity contribution in [3.8, 4) is 0 Å². The van der Waals surface area contributed by atoms with Crippen LogP contribution in [0.2, 0.25) is 0 Å². The summed E-state index contributed by atoms with van der Waals surface area (Å²) in [5, 5.41) is 9.96. The number of nitrogens with two attached hydrogens (primary N) is 1. The first-order valence-electron chi connectivity index (χ1n) is 9.05. The zero-order valence-electron chi connectivity index (χ0n) is 16.3. The third-order valence-corrected chi connectivity index (χ3v) is 4.55. The molecule has 2 aromatic rings. The van der Waals surface area contributed by atoms with Crippen molar-refractivity contribution in [1.29, 1.82) is 5.41 Å². The Balaban J connectivity index is 1.63. The Morgan fingerprint density at radius 3 is 2.45 bits per heavy atom. The molecule has 0 aromatic carbocycles. The van der Waals surface area contributed by atoms with Crippen molar-refractivity contribution in [2.75, 3.05) is 43.9 Å². The first-order valence-corrected chi connectivity index (χ1v) is 9.05. The van der Waals surface area contributed by atoms with Gasteiger partial charge in [-0.05, 0) is 12.1 Å². The van der Waals surface area contributed by atoms with Crippen LogP contribution in [0.5, 0.6) is 0 Å². The topological polar surface area (TPSA) is 154 Å². The van der Waals surface area contributed by atoms with Gasteiger partial charge in [0.15, 0.2) is 0 Å². The Morgan fingerprint density at radius 2 is 1.79 bits per heavy atom. The first kappa shape index (κ1) is 20.0. The third-order valence-electron chi connectivity index (χ3n) is 4.55. The van der Waals surface area contributed by atoms with E-state index in [1.165, 1.54) is 9.80 Å². The predicted octanol–water partition coefficient (Wildman–Crippen LogP) is 0.865. The Kier molecular flexibility index (Phi) is 5.57. The molecule has 0 bridgehead atoms. The van der Waals surface area contributed by atoms with Crippen molar-refractivity contribution in [3.63, 3.8) is 0 Å². The Bertz CT molecular complexity index is 943. The first-order chi connectivity index (χ1) is 13.8.